The fourth-order valence-electron chi connectivity index (χ4n) is 3.25. The van der Waals surface area contributed by atoms with Crippen LogP contribution in [0.4, 0.5) is 0 Å². The molecule has 1 aromatic heterocycles. The van der Waals surface area contributed by atoms with Crippen LogP contribution in [0.5, 0.6) is 0 Å². The van der Waals surface area contributed by atoms with E-state index in [0.717, 1.165) is 6.54 Å². The van der Waals surface area contributed by atoms with E-state index in [1.807, 2.05) is 0 Å². The molecule has 2 heterocycles. The number of rotatable bonds is 2. The van der Waals surface area contributed by atoms with Crippen LogP contribution in [-0.2, 0) is 6.54 Å². The van der Waals surface area contributed by atoms with Crippen LogP contribution in [0.1, 0.15) is 18.4 Å². The highest BCUT2D eigenvalue weighted by Crippen LogP contribution is 2.28. The second-order valence-corrected chi connectivity index (χ2v) is 5.49. The van der Waals surface area contributed by atoms with Gasteiger partial charge in [-0.25, -0.2) is 0 Å². The summed E-state index contributed by atoms with van der Waals surface area (Å²) in [5.41, 5.74) is 3.98. The molecule has 0 spiro atoms. The van der Waals surface area contributed by atoms with Crippen molar-refractivity contribution in [2.24, 2.45) is 0 Å². The van der Waals surface area contributed by atoms with Gasteiger partial charge in [-0.3, -0.25) is 4.90 Å². The molecule has 2 aromatic carbocycles. The molecule has 3 aromatic rings. The van der Waals surface area contributed by atoms with Gasteiger partial charge < -0.3 is 4.98 Å². The number of H-pyrrole nitrogens is 1. The Morgan fingerprint density at radius 3 is 2.58 bits per heavy atom. The van der Waals surface area contributed by atoms with E-state index in [1.165, 1.54) is 53.3 Å². The molecule has 0 radical (unpaired) electrons. The van der Waals surface area contributed by atoms with E-state index in [0.29, 0.717) is 0 Å². The maximum Gasteiger partial charge on any atom is 0.0510 e. The topological polar surface area (TPSA) is 19.0 Å². The molecule has 0 saturated carbocycles. The van der Waals surface area contributed by atoms with Crippen LogP contribution in [0.25, 0.3) is 21.8 Å². The Labute approximate surface area is 113 Å². The maximum atomic E-state index is 3.59. The number of nitrogens with zero attached hydrogens (tertiary/aromatic N) is 1. The minimum absolute atomic E-state index is 1.07. The highest BCUT2D eigenvalue weighted by molar-refractivity contribution is 6.08. The molecule has 2 heteroatoms. The number of hydrogen-bond donors (Lipinski definition) is 1. The molecule has 1 aliphatic heterocycles. The molecule has 0 amide bonds. The molecule has 19 heavy (non-hydrogen) atoms. The molecule has 2 nitrogen and oxygen atoms in total. The van der Waals surface area contributed by atoms with Crippen molar-refractivity contribution in [1.82, 2.24) is 9.88 Å². The van der Waals surface area contributed by atoms with Gasteiger partial charge in [0.25, 0.3) is 0 Å². The fraction of sp³-hybridized carbons (Fsp3) is 0.294. The third kappa shape index (κ3) is 1.83. The number of aromatic amines is 1. The van der Waals surface area contributed by atoms with Crippen molar-refractivity contribution in [1.29, 1.82) is 0 Å². The Hall–Kier alpha value is -1.80. The molecular formula is C17H18N2. The predicted molar refractivity (Wildman–Crippen MR) is 80.3 cm³/mol. The van der Waals surface area contributed by atoms with Crippen molar-refractivity contribution >= 4 is 21.8 Å². The molecular weight excluding hydrogens is 232 g/mol. The number of benzene rings is 2. The highest BCUT2D eigenvalue weighted by Gasteiger charge is 2.14. The first-order chi connectivity index (χ1) is 9.42. The van der Waals surface area contributed by atoms with Crippen molar-refractivity contribution in [3.63, 3.8) is 0 Å². The van der Waals surface area contributed by atoms with E-state index in [2.05, 4.69) is 52.3 Å². The Kier molecular flexibility index (Phi) is 2.56. The zero-order valence-corrected chi connectivity index (χ0v) is 11.0. The fourth-order valence-corrected chi connectivity index (χ4v) is 3.25. The van der Waals surface area contributed by atoms with E-state index >= 15 is 0 Å². The Morgan fingerprint density at radius 1 is 0.895 bits per heavy atom. The van der Waals surface area contributed by atoms with E-state index in [1.54, 1.807) is 0 Å². The zero-order chi connectivity index (χ0) is 12.7. The van der Waals surface area contributed by atoms with Gasteiger partial charge in [-0.05, 0) is 37.6 Å². The van der Waals surface area contributed by atoms with Gasteiger partial charge in [0.1, 0.15) is 0 Å². The van der Waals surface area contributed by atoms with Crippen molar-refractivity contribution < 1.29 is 0 Å². The first kappa shape index (κ1) is 11.1. The van der Waals surface area contributed by atoms with Gasteiger partial charge in [0.05, 0.1) is 5.52 Å². The smallest absolute Gasteiger partial charge is 0.0510 e. The Balaban J connectivity index is 1.86. The summed E-state index contributed by atoms with van der Waals surface area (Å²) in [6.07, 6.45) is 2.70. The van der Waals surface area contributed by atoms with Crippen LogP contribution in [0, 0.1) is 0 Å². The summed E-state index contributed by atoms with van der Waals surface area (Å²) in [6.45, 7) is 3.57. The normalized spacial score (nSPS) is 16.6. The second kappa shape index (κ2) is 4.39. The third-order valence-corrected chi connectivity index (χ3v) is 4.22. The first-order valence-electron chi connectivity index (χ1n) is 7.12. The highest BCUT2D eigenvalue weighted by atomic mass is 15.1. The molecule has 1 saturated heterocycles. The second-order valence-electron chi connectivity index (χ2n) is 5.49. The largest absolute Gasteiger partial charge is 0.354 e. The van der Waals surface area contributed by atoms with Crippen LogP contribution >= 0.6 is 0 Å². The van der Waals surface area contributed by atoms with E-state index in [4.69, 9.17) is 0 Å². The number of fused-ring (bicyclic) bond motifs is 3. The summed E-state index contributed by atoms with van der Waals surface area (Å²) < 4.78 is 0. The number of aromatic nitrogens is 1. The molecule has 1 N–H and O–H groups in total. The van der Waals surface area contributed by atoms with Gasteiger partial charge in [0, 0.05) is 22.8 Å². The number of hydrogen-bond acceptors (Lipinski definition) is 1. The summed E-state index contributed by atoms with van der Waals surface area (Å²) in [4.78, 5) is 6.15. The number of para-hydroxylation sites is 2. The average molecular weight is 250 g/mol. The first-order valence-corrected chi connectivity index (χ1v) is 7.12. The SMILES string of the molecule is c1ccc2c(c1)[nH]c1c(CN3CCCC3)cccc12. The molecule has 1 aliphatic rings. The molecule has 96 valence electrons. The van der Waals surface area contributed by atoms with Crippen molar-refractivity contribution in [3.05, 3.63) is 48.0 Å². The minimum Gasteiger partial charge on any atom is -0.354 e. The van der Waals surface area contributed by atoms with E-state index < -0.39 is 0 Å². The molecule has 1 fully saturated rings. The Morgan fingerprint density at radius 2 is 1.68 bits per heavy atom. The van der Waals surface area contributed by atoms with Gasteiger partial charge >= 0.3 is 0 Å². The summed E-state index contributed by atoms with van der Waals surface area (Å²) in [5, 5.41) is 2.69. The average Bonchev–Trinajstić information content (AvgIpc) is 3.06. The van der Waals surface area contributed by atoms with Gasteiger partial charge in [0.2, 0.25) is 0 Å². The monoisotopic (exact) mass is 250 g/mol. The summed E-state index contributed by atoms with van der Waals surface area (Å²) in [5.74, 6) is 0. The van der Waals surface area contributed by atoms with Gasteiger partial charge in [0.15, 0.2) is 0 Å². The maximum absolute atomic E-state index is 3.59. The van der Waals surface area contributed by atoms with Crippen LogP contribution in [0.3, 0.4) is 0 Å². The molecule has 0 aliphatic carbocycles. The lowest BCUT2D eigenvalue weighted by Gasteiger charge is -2.15. The van der Waals surface area contributed by atoms with Crippen molar-refractivity contribution in [2.45, 2.75) is 19.4 Å². The zero-order valence-electron chi connectivity index (χ0n) is 11.0. The lowest BCUT2D eigenvalue weighted by molar-refractivity contribution is 0.332. The van der Waals surface area contributed by atoms with Crippen molar-refractivity contribution in [3.8, 4) is 0 Å². The van der Waals surface area contributed by atoms with Gasteiger partial charge in [-0.2, -0.15) is 0 Å². The molecule has 4 rings (SSSR count). The van der Waals surface area contributed by atoms with Crippen LogP contribution < -0.4 is 0 Å². The van der Waals surface area contributed by atoms with Gasteiger partial charge in [-0.1, -0.05) is 36.4 Å². The van der Waals surface area contributed by atoms with Crippen LogP contribution in [0.15, 0.2) is 42.5 Å². The summed E-state index contributed by atoms with van der Waals surface area (Å²) >= 11 is 0. The number of nitrogens with one attached hydrogen (secondary N) is 1. The van der Waals surface area contributed by atoms with Crippen LogP contribution in [0.2, 0.25) is 0 Å². The third-order valence-electron chi connectivity index (χ3n) is 4.22. The van der Waals surface area contributed by atoms with Gasteiger partial charge in [-0.15, -0.1) is 0 Å². The number of likely N-dealkylation sites (tertiary alicyclic amines) is 1. The predicted octanol–water partition coefficient (Wildman–Crippen LogP) is 3.92. The van der Waals surface area contributed by atoms with E-state index in [9.17, 15) is 0 Å². The quantitative estimate of drug-likeness (QED) is 0.730. The Bertz CT molecular complexity index is 720. The molecule has 0 unspecified atom stereocenters. The summed E-state index contributed by atoms with van der Waals surface area (Å²) in [7, 11) is 0. The van der Waals surface area contributed by atoms with Crippen LogP contribution in [-0.4, -0.2) is 23.0 Å². The lowest BCUT2D eigenvalue weighted by Crippen LogP contribution is -2.18. The standard InChI is InChI=1S/C17H18N2/c1-2-9-16-14(7-1)15-8-5-6-13(17(15)18-16)12-19-10-3-4-11-19/h1-2,5-9,18H,3-4,10-12H2. The summed E-state index contributed by atoms with van der Waals surface area (Å²) in [6, 6.07) is 15.2. The lowest BCUT2D eigenvalue weighted by atomic mass is 10.1. The van der Waals surface area contributed by atoms with Crippen molar-refractivity contribution in [2.75, 3.05) is 13.1 Å². The molecule has 0 bridgehead atoms. The molecule has 0 atom stereocenters. The van der Waals surface area contributed by atoms with E-state index in [-0.39, 0.29) is 0 Å². The minimum atomic E-state index is 1.07.